The number of aliphatic hydroxyl groups excluding tert-OH is 8. The van der Waals surface area contributed by atoms with Gasteiger partial charge in [0.05, 0.1) is 25.9 Å². The third kappa shape index (κ3) is 4.87. The zero-order chi connectivity index (χ0) is 23.1. The maximum Gasteiger partial charge on any atom is 0.187 e. The van der Waals surface area contributed by atoms with Crippen LogP contribution in [0, 0.1) is 0 Å². The summed E-state index contributed by atoms with van der Waals surface area (Å²) in [7, 11) is 0. The molecule has 182 valence electrons. The van der Waals surface area contributed by atoms with E-state index in [1.807, 2.05) is 0 Å². The fourth-order valence-electron chi connectivity index (χ4n) is 3.62. The zero-order valence-corrected chi connectivity index (χ0v) is 16.6. The van der Waals surface area contributed by atoms with Gasteiger partial charge in [-0.2, -0.15) is 0 Å². The van der Waals surface area contributed by atoms with Crippen LogP contribution in [0.3, 0.4) is 0 Å². The highest BCUT2D eigenvalue weighted by molar-refractivity contribution is 4.95. The van der Waals surface area contributed by atoms with Crippen molar-refractivity contribution in [2.75, 3.05) is 19.8 Å². The molecule has 0 aliphatic carbocycles. The van der Waals surface area contributed by atoms with Gasteiger partial charge < -0.3 is 69.6 Å². The van der Waals surface area contributed by atoms with Crippen molar-refractivity contribution in [3.05, 3.63) is 0 Å². The van der Waals surface area contributed by atoms with Crippen LogP contribution >= 0.6 is 0 Å². The Morgan fingerprint density at radius 1 is 0.871 bits per heavy atom. The van der Waals surface area contributed by atoms with Gasteiger partial charge in [0.2, 0.25) is 0 Å². The Balaban J connectivity index is 1.63. The van der Waals surface area contributed by atoms with E-state index >= 15 is 0 Å². The predicted octanol–water partition coefficient (Wildman–Crippen LogP) is -5.90. The summed E-state index contributed by atoms with van der Waals surface area (Å²) < 4.78 is 26.1. The minimum absolute atomic E-state index is 0.403. The van der Waals surface area contributed by atoms with Gasteiger partial charge in [-0.05, 0) is 6.92 Å². The van der Waals surface area contributed by atoms with E-state index in [4.69, 9.17) is 28.8 Å². The quantitative estimate of drug-likeness (QED) is 0.181. The molecule has 3 fully saturated rings. The van der Waals surface area contributed by atoms with Crippen molar-refractivity contribution in [3.8, 4) is 0 Å². The second kappa shape index (κ2) is 9.74. The molecule has 3 aliphatic heterocycles. The average molecular weight is 458 g/mol. The van der Waals surface area contributed by atoms with E-state index in [0.717, 1.165) is 0 Å². The fraction of sp³-hybridized carbons (Fsp3) is 1.00. The molecular weight excluding hydrogens is 428 g/mol. The Labute approximate surface area is 176 Å². The van der Waals surface area contributed by atoms with Gasteiger partial charge in [-0.15, -0.1) is 0 Å². The summed E-state index contributed by atoms with van der Waals surface area (Å²) in [6, 6.07) is 0. The molecule has 0 aromatic carbocycles. The number of aliphatic hydroxyl groups is 9. The van der Waals surface area contributed by atoms with E-state index in [1.165, 1.54) is 6.92 Å². The van der Waals surface area contributed by atoms with Crippen molar-refractivity contribution in [2.45, 2.75) is 86.3 Å². The maximum absolute atomic E-state index is 10.6. The van der Waals surface area contributed by atoms with Gasteiger partial charge in [0.25, 0.3) is 0 Å². The molecule has 1 unspecified atom stereocenters. The Morgan fingerprint density at radius 2 is 1.55 bits per heavy atom. The van der Waals surface area contributed by atoms with Crippen LogP contribution in [0.1, 0.15) is 6.92 Å². The van der Waals surface area contributed by atoms with Gasteiger partial charge in [0, 0.05) is 0 Å². The molecule has 0 radical (unpaired) electrons. The Kier molecular flexibility index (Phi) is 7.88. The highest BCUT2D eigenvalue weighted by Gasteiger charge is 2.52. The third-order valence-electron chi connectivity index (χ3n) is 5.76. The first-order chi connectivity index (χ1) is 14.5. The largest absolute Gasteiger partial charge is 0.393 e. The molecule has 0 aromatic heterocycles. The molecule has 14 heteroatoms. The van der Waals surface area contributed by atoms with Gasteiger partial charge in [0.1, 0.15) is 54.4 Å². The van der Waals surface area contributed by atoms with E-state index in [1.54, 1.807) is 0 Å². The van der Waals surface area contributed by atoms with Crippen molar-refractivity contribution >= 4 is 0 Å². The molecule has 31 heavy (non-hydrogen) atoms. The fourth-order valence-corrected chi connectivity index (χ4v) is 3.62. The number of ether oxygens (including phenoxy) is 5. The van der Waals surface area contributed by atoms with Crippen molar-refractivity contribution in [3.63, 3.8) is 0 Å². The van der Waals surface area contributed by atoms with E-state index in [-0.39, 0.29) is 0 Å². The first-order valence-electron chi connectivity index (χ1n) is 9.79. The molecule has 0 aromatic rings. The Bertz CT molecular complexity index is 595. The predicted molar refractivity (Wildman–Crippen MR) is 93.9 cm³/mol. The molecule has 0 saturated carbocycles. The second-order valence-electron chi connectivity index (χ2n) is 8.05. The molecular formula is C17H30O14. The van der Waals surface area contributed by atoms with Gasteiger partial charge in [0.15, 0.2) is 18.9 Å². The van der Waals surface area contributed by atoms with Crippen LogP contribution < -0.4 is 0 Å². The van der Waals surface area contributed by atoms with Crippen LogP contribution in [0.4, 0.5) is 0 Å². The number of hydrogen-bond donors (Lipinski definition) is 9. The molecule has 0 amide bonds. The van der Waals surface area contributed by atoms with Crippen molar-refractivity contribution in [1.82, 2.24) is 0 Å². The zero-order valence-electron chi connectivity index (χ0n) is 16.6. The van der Waals surface area contributed by atoms with Crippen molar-refractivity contribution in [2.24, 2.45) is 0 Å². The molecule has 3 rings (SSSR count). The third-order valence-corrected chi connectivity index (χ3v) is 5.76. The van der Waals surface area contributed by atoms with Crippen LogP contribution in [0.5, 0.6) is 0 Å². The Morgan fingerprint density at radius 3 is 2.16 bits per heavy atom. The summed E-state index contributed by atoms with van der Waals surface area (Å²) in [6.07, 6.45) is -18.3. The monoisotopic (exact) mass is 458 g/mol. The lowest BCUT2D eigenvalue weighted by atomic mass is 9.97. The smallest absolute Gasteiger partial charge is 0.187 e. The summed E-state index contributed by atoms with van der Waals surface area (Å²) in [4.78, 5) is 0. The highest BCUT2D eigenvalue weighted by atomic mass is 16.7. The minimum Gasteiger partial charge on any atom is -0.393 e. The van der Waals surface area contributed by atoms with Crippen molar-refractivity contribution < 1.29 is 69.6 Å². The summed E-state index contributed by atoms with van der Waals surface area (Å²) in [5, 5.41) is 89.5. The molecule has 0 bridgehead atoms. The van der Waals surface area contributed by atoms with Gasteiger partial charge >= 0.3 is 0 Å². The van der Waals surface area contributed by atoms with E-state index in [2.05, 4.69) is 0 Å². The molecule has 13 atom stereocenters. The molecule has 3 saturated heterocycles. The lowest BCUT2D eigenvalue weighted by Crippen LogP contribution is -2.64. The first-order valence-corrected chi connectivity index (χ1v) is 9.79. The summed E-state index contributed by atoms with van der Waals surface area (Å²) in [6.45, 7) is -0.251. The molecule has 0 spiro atoms. The number of rotatable bonds is 6. The van der Waals surface area contributed by atoms with Crippen LogP contribution in [-0.4, -0.2) is 145 Å². The van der Waals surface area contributed by atoms with E-state index in [0.29, 0.717) is 0 Å². The number of hydrogen-bond acceptors (Lipinski definition) is 14. The van der Waals surface area contributed by atoms with Crippen molar-refractivity contribution in [1.29, 1.82) is 0 Å². The SMILES string of the molecule is C[C@@H]1O[C@@H](O[C@H]2[C@H](O)[C@@H](CO[C@@H]3OC[C@](O)(CO)[C@H]3O)OC(O)[C@@H]2O)[C@H](O)[C@H](O)[C@H]1O. The van der Waals surface area contributed by atoms with E-state index < -0.39 is 99.2 Å². The van der Waals surface area contributed by atoms with Crippen LogP contribution in [0.2, 0.25) is 0 Å². The highest BCUT2D eigenvalue weighted by Crippen LogP contribution is 2.30. The normalized spacial score (nSPS) is 53.6. The summed E-state index contributed by atoms with van der Waals surface area (Å²) >= 11 is 0. The Hall–Kier alpha value is -0.560. The second-order valence-corrected chi connectivity index (χ2v) is 8.05. The maximum atomic E-state index is 10.6. The first kappa shape index (κ1) is 25.1. The van der Waals surface area contributed by atoms with Crippen LogP contribution in [0.25, 0.3) is 0 Å². The van der Waals surface area contributed by atoms with Gasteiger partial charge in [-0.25, -0.2) is 0 Å². The van der Waals surface area contributed by atoms with Gasteiger partial charge in [-0.1, -0.05) is 0 Å². The lowest BCUT2D eigenvalue weighted by molar-refractivity contribution is -0.355. The minimum atomic E-state index is -1.92. The topological polar surface area (TPSA) is 228 Å². The van der Waals surface area contributed by atoms with E-state index in [9.17, 15) is 40.9 Å². The summed E-state index contributed by atoms with van der Waals surface area (Å²) in [5.41, 5.74) is -1.92. The van der Waals surface area contributed by atoms with Crippen LogP contribution in [-0.2, 0) is 23.7 Å². The molecule has 9 N–H and O–H groups in total. The summed E-state index contributed by atoms with van der Waals surface area (Å²) in [5.74, 6) is 0. The molecule has 14 nitrogen and oxygen atoms in total. The lowest BCUT2D eigenvalue weighted by Gasteiger charge is -2.45. The van der Waals surface area contributed by atoms with Gasteiger partial charge in [-0.3, -0.25) is 0 Å². The molecule has 3 aliphatic rings. The van der Waals surface area contributed by atoms with Crippen LogP contribution in [0.15, 0.2) is 0 Å². The average Bonchev–Trinajstić information content (AvgIpc) is 3.03. The molecule has 3 heterocycles. The standard InChI is InChI=1S/C17H30O14/c1-5-7(19)9(21)10(22)15(29-5)31-12-8(20)6(30-14(25)11(12)23)2-27-16-13(24)17(26,3-18)4-28-16/h5-16,18-26H,2-4H2,1H3/t5-,6+,7-,8+,9+,10+,11+,12-,13-,14?,15-,16+,17+/m0/s1.